The Labute approximate surface area is 87.4 Å². The summed E-state index contributed by atoms with van der Waals surface area (Å²) in [6.45, 7) is 5.59. The van der Waals surface area contributed by atoms with Crippen molar-refractivity contribution in [1.29, 1.82) is 0 Å². The molecule has 0 aromatic rings. The molecule has 0 aliphatic carbocycles. The Morgan fingerprint density at radius 1 is 1.36 bits per heavy atom. The second kappa shape index (κ2) is 9.00. The Kier molecular flexibility index (Phi) is 8.64. The molecule has 0 rings (SSSR count). The highest BCUT2D eigenvalue weighted by molar-refractivity contribution is 5.78. The van der Waals surface area contributed by atoms with Crippen LogP contribution >= 0.6 is 0 Å². The first-order valence-corrected chi connectivity index (χ1v) is 5.74. The highest BCUT2D eigenvalue weighted by atomic mass is 16.1. The number of rotatable bonds is 8. The van der Waals surface area contributed by atoms with E-state index in [4.69, 9.17) is 5.73 Å². The number of nitrogens with two attached hydrogens (primary N) is 1. The summed E-state index contributed by atoms with van der Waals surface area (Å²) in [7, 11) is 0. The molecule has 0 fully saturated rings. The van der Waals surface area contributed by atoms with Crippen molar-refractivity contribution in [2.75, 3.05) is 13.1 Å². The van der Waals surface area contributed by atoms with E-state index in [0.717, 1.165) is 38.6 Å². The second-order valence-electron chi connectivity index (χ2n) is 3.68. The molecule has 0 saturated carbocycles. The highest BCUT2D eigenvalue weighted by Gasteiger charge is 2.14. The molecule has 0 aromatic heterocycles. The van der Waals surface area contributed by atoms with E-state index in [0.29, 0.717) is 6.54 Å². The Morgan fingerprint density at radius 3 is 2.57 bits per heavy atom. The zero-order valence-corrected chi connectivity index (χ0v) is 9.51. The first kappa shape index (κ1) is 13.4. The van der Waals surface area contributed by atoms with Gasteiger partial charge in [-0.1, -0.05) is 26.7 Å². The van der Waals surface area contributed by atoms with E-state index in [2.05, 4.69) is 19.2 Å². The van der Waals surface area contributed by atoms with Gasteiger partial charge in [0.15, 0.2) is 0 Å². The number of hydrogen-bond acceptors (Lipinski definition) is 2. The molecule has 1 amide bonds. The molecule has 0 heterocycles. The Morgan fingerprint density at radius 2 is 2.07 bits per heavy atom. The van der Waals surface area contributed by atoms with Gasteiger partial charge in [0.05, 0.1) is 0 Å². The molecular weight excluding hydrogens is 176 g/mol. The number of carbonyl (C=O) groups excluding carboxylic acids is 1. The summed E-state index contributed by atoms with van der Waals surface area (Å²) in [5.74, 6) is 0.405. The SMILES string of the molecule is CCCCC(CC)C(=O)NCCCN. The molecule has 3 heteroatoms. The van der Waals surface area contributed by atoms with Gasteiger partial charge in [0.2, 0.25) is 5.91 Å². The maximum Gasteiger partial charge on any atom is 0.223 e. The van der Waals surface area contributed by atoms with Gasteiger partial charge in [-0.3, -0.25) is 4.79 Å². The third kappa shape index (κ3) is 5.97. The summed E-state index contributed by atoms with van der Waals surface area (Å²) < 4.78 is 0. The van der Waals surface area contributed by atoms with Crippen LogP contribution in [0.15, 0.2) is 0 Å². The highest BCUT2D eigenvalue weighted by Crippen LogP contribution is 2.12. The van der Waals surface area contributed by atoms with E-state index in [-0.39, 0.29) is 11.8 Å². The average Bonchev–Trinajstić information content (AvgIpc) is 2.19. The molecule has 0 aliphatic rings. The lowest BCUT2D eigenvalue weighted by Gasteiger charge is -2.14. The van der Waals surface area contributed by atoms with E-state index in [9.17, 15) is 4.79 Å². The average molecular weight is 200 g/mol. The smallest absolute Gasteiger partial charge is 0.223 e. The van der Waals surface area contributed by atoms with Gasteiger partial charge in [0.1, 0.15) is 0 Å². The standard InChI is InChI=1S/C11H24N2O/c1-3-5-7-10(4-2)11(14)13-9-6-8-12/h10H,3-9,12H2,1-2H3,(H,13,14). The molecule has 14 heavy (non-hydrogen) atoms. The molecule has 3 nitrogen and oxygen atoms in total. The van der Waals surface area contributed by atoms with Crippen LogP contribution in [0, 0.1) is 5.92 Å². The van der Waals surface area contributed by atoms with Gasteiger partial charge in [-0.25, -0.2) is 0 Å². The molecule has 0 radical (unpaired) electrons. The summed E-state index contributed by atoms with van der Waals surface area (Å²) in [5, 5.41) is 2.92. The third-order valence-electron chi connectivity index (χ3n) is 2.45. The molecular formula is C11H24N2O. The molecule has 0 aliphatic heterocycles. The minimum Gasteiger partial charge on any atom is -0.356 e. The van der Waals surface area contributed by atoms with Gasteiger partial charge in [0.25, 0.3) is 0 Å². The molecule has 0 bridgehead atoms. The second-order valence-corrected chi connectivity index (χ2v) is 3.68. The van der Waals surface area contributed by atoms with Gasteiger partial charge in [-0.15, -0.1) is 0 Å². The van der Waals surface area contributed by atoms with Gasteiger partial charge in [-0.05, 0) is 25.8 Å². The van der Waals surface area contributed by atoms with Crippen LogP contribution in [0.1, 0.15) is 46.0 Å². The molecule has 0 spiro atoms. The summed E-state index contributed by atoms with van der Waals surface area (Å²) in [6.07, 6.45) is 5.13. The van der Waals surface area contributed by atoms with Gasteiger partial charge in [-0.2, -0.15) is 0 Å². The predicted molar refractivity (Wildman–Crippen MR) is 60.0 cm³/mol. The largest absolute Gasteiger partial charge is 0.356 e. The van der Waals surface area contributed by atoms with Crippen LogP contribution < -0.4 is 11.1 Å². The topological polar surface area (TPSA) is 55.1 Å². The van der Waals surface area contributed by atoms with Crippen molar-refractivity contribution in [3.05, 3.63) is 0 Å². The first-order valence-electron chi connectivity index (χ1n) is 5.74. The quantitative estimate of drug-likeness (QED) is 0.586. The van der Waals surface area contributed by atoms with Crippen LogP contribution in [0.2, 0.25) is 0 Å². The summed E-state index contributed by atoms with van der Waals surface area (Å²) in [6, 6.07) is 0. The van der Waals surface area contributed by atoms with E-state index < -0.39 is 0 Å². The fraction of sp³-hybridized carbons (Fsp3) is 0.909. The maximum atomic E-state index is 11.6. The Hall–Kier alpha value is -0.570. The van der Waals surface area contributed by atoms with E-state index >= 15 is 0 Å². The van der Waals surface area contributed by atoms with Crippen molar-refractivity contribution in [3.63, 3.8) is 0 Å². The fourth-order valence-electron chi connectivity index (χ4n) is 1.43. The van der Waals surface area contributed by atoms with E-state index in [1.807, 2.05) is 0 Å². The lowest BCUT2D eigenvalue weighted by atomic mass is 9.98. The lowest BCUT2D eigenvalue weighted by molar-refractivity contribution is -0.125. The molecule has 1 unspecified atom stereocenters. The van der Waals surface area contributed by atoms with Crippen LogP contribution in [0.3, 0.4) is 0 Å². The summed E-state index contributed by atoms with van der Waals surface area (Å²) >= 11 is 0. The van der Waals surface area contributed by atoms with Crippen molar-refractivity contribution in [2.45, 2.75) is 46.0 Å². The monoisotopic (exact) mass is 200 g/mol. The number of amides is 1. The molecule has 84 valence electrons. The summed E-state index contributed by atoms with van der Waals surface area (Å²) in [5.41, 5.74) is 5.35. The third-order valence-corrected chi connectivity index (χ3v) is 2.45. The van der Waals surface area contributed by atoms with Gasteiger partial charge in [0, 0.05) is 12.5 Å². The molecule has 0 aromatic carbocycles. The van der Waals surface area contributed by atoms with E-state index in [1.165, 1.54) is 0 Å². The number of unbranched alkanes of at least 4 members (excludes halogenated alkanes) is 1. The fourth-order valence-corrected chi connectivity index (χ4v) is 1.43. The van der Waals surface area contributed by atoms with Crippen molar-refractivity contribution in [1.82, 2.24) is 5.32 Å². The Bertz CT molecular complexity index is 148. The first-order chi connectivity index (χ1) is 6.76. The van der Waals surface area contributed by atoms with Crippen LogP contribution in [-0.4, -0.2) is 19.0 Å². The maximum absolute atomic E-state index is 11.6. The van der Waals surface area contributed by atoms with Crippen molar-refractivity contribution < 1.29 is 4.79 Å². The normalized spacial score (nSPS) is 12.5. The summed E-state index contributed by atoms with van der Waals surface area (Å²) in [4.78, 5) is 11.6. The van der Waals surface area contributed by atoms with Crippen LogP contribution in [0.4, 0.5) is 0 Å². The zero-order chi connectivity index (χ0) is 10.8. The van der Waals surface area contributed by atoms with Crippen LogP contribution in [0.25, 0.3) is 0 Å². The minimum absolute atomic E-state index is 0.202. The van der Waals surface area contributed by atoms with Crippen molar-refractivity contribution in [2.24, 2.45) is 11.7 Å². The predicted octanol–water partition coefficient (Wildman–Crippen LogP) is 1.67. The Balaban J connectivity index is 3.67. The van der Waals surface area contributed by atoms with Crippen LogP contribution in [-0.2, 0) is 4.79 Å². The zero-order valence-electron chi connectivity index (χ0n) is 9.51. The van der Waals surface area contributed by atoms with Gasteiger partial charge < -0.3 is 11.1 Å². The van der Waals surface area contributed by atoms with Crippen LogP contribution in [0.5, 0.6) is 0 Å². The van der Waals surface area contributed by atoms with E-state index in [1.54, 1.807) is 0 Å². The molecule has 0 saturated heterocycles. The van der Waals surface area contributed by atoms with Crippen molar-refractivity contribution >= 4 is 5.91 Å². The number of carbonyl (C=O) groups is 1. The molecule has 1 atom stereocenters. The lowest BCUT2D eigenvalue weighted by Crippen LogP contribution is -2.32. The number of hydrogen-bond donors (Lipinski definition) is 2. The van der Waals surface area contributed by atoms with Crippen molar-refractivity contribution in [3.8, 4) is 0 Å². The molecule has 3 N–H and O–H groups in total. The minimum atomic E-state index is 0.202. The van der Waals surface area contributed by atoms with Gasteiger partial charge >= 0.3 is 0 Å². The number of nitrogens with one attached hydrogen (secondary N) is 1.